The predicted octanol–water partition coefficient (Wildman–Crippen LogP) is 5.23. The van der Waals surface area contributed by atoms with Crippen molar-refractivity contribution in [2.75, 3.05) is 31.6 Å². The molecule has 0 saturated carbocycles. The number of amides is 2. The molecule has 0 radical (unpaired) electrons. The molecule has 2 fully saturated rings. The third kappa shape index (κ3) is 5.53. The van der Waals surface area contributed by atoms with E-state index in [9.17, 15) is 13.6 Å². The molecule has 0 aromatic heterocycles. The van der Waals surface area contributed by atoms with Crippen LogP contribution in [0.3, 0.4) is 0 Å². The number of hydrogen-bond acceptors (Lipinski definition) is 3. The first-order valence-corrected chi connectivity index (χ1v) is 10.9. The molecule has 2 amide bonds. The molecule has 2 aliphatic rings. The first-order valence-electron chi connectivity index (χ1n) is 10.9. The van der Waals surface area contributed by atoms with Crippen LogP contribution in [0.2, 0.25) is 0 Å². The van der Waals surface area contributed by atoms with Crippen LogP contribution in [0.15, 0.2) is 48.5 Å². The second kappa shape index (κ2) is 9.64. The summed E-state index contributed by atoms with van der Waals surface area (Å²) in [5.41, 5.74) is -0.00367. The van der Waals surface area contributed by atoms with Crippen molar-refractivity contribution in [1.29, 1.82) is 0 Å². The van der Waals surface area contributed by atoms with Gasteiger partial charge >= 0.3 is 6.03 Å². The molecule has 2 aromatic rings. The molecule has 4 rings (SSSR count). The summed E-state index contributed by atoms with van der Waals surface area (Å²) >= 11 is 0. The number of nitrogens with zero attached hydrogens (tertiary/aromatic N) is 1. The summed E-state index contributed by atoms with van der Waals surface area (Å²) in [6, 6.07) is 12.0. The number of piperidine rings is 1. The van der Waals surface area contributed by atoms with Gasteiger partial charge in [-0.2, -0.15) is 0 Å². The van der Waals surface area contributed by atoms with E-state index in [2.05, 4.69) is 5.32 Å². The highest BCUT2D eigenvalue weighted by Crippen LogP contribution is 2.39. The van der Waals surface area contributed by atoms with Crippen molar-refractivity contribution in [3.63, 3.8) is 0 Å². The number of carbonyl (C=O) groups excluding carboxylic acids is 1. The number of halogens is 2. The minimum atomic E-state index is -0.439. The first-order chi connectivity index (χ1) is 15.0. The standard InChI is InChI=1S/C24H28F2N2O3/c25-19-5-7-20(8-6-19)30-15-9-18-10-16-31-24(17-18)11-13-28(14-12-24)23(29)27-22-4-2-1-3-21(22)26/h1-8,18H,9-17H2,(H,27,29). The maximum Gasteiger partial charge on any atom is 0.321 e. The zero-order chi connectivity index (χ0) is 21.7. The summed E-state index contributed by atoms with van der Waals surface area (Å²) in [5.74, 6) is 0.462. The van der Waals surface area contributed by atoms with E-state index < -0.39 is 5.82 Å². The second-order valence-electron chi connectivity index (χ2n) is 8.38. The minimum Gasteiger partial charge on any atom is -0.494 e. The van der Waals surface area contributed by atoms with Gasteiger partial charge in [0.25, 0.3) is 0 Å². The van der Waals surface area contributed by atoms with Gasteiger partial charge in [0.15, 0.2) is 0 Å². The smallest absolute Gasteiger partial charge is 0.321 e. The molecule has 5 nitrogen and oxygen atoms in total. The van der Waals surface area contributed by atoms with Crippen LogP contribution in [0.1, 0.15) is 32.1 Å². The fraction of sp³-hybridized carbons (Fsp3) is 0.458. The molecule has 166 valence electrons. The number of urea groups is 1. The maximum atomic E-state index is 13.8. The Bertz CT molecular complexity index is 883. The number of carbonyl (C=O) groups is 1. The molecule has 2 saturated heterocycles. The van der Waals surface area contributed by atoms with Crippen LogP contribution in [0.4, 0.5) is 19.3 Å². The van der Waals surface area contributed by atoms with E-state index >= 15 is 0 Å². The molecule has 1 unspecified atom stereocenters. The van der Waals surface area contributed by atoms with E-state index in [1.54, 1.807) is 35.2 Å². The molecular formula is C24H28F2N2O3. The molecule has 1 spiro atoms. The molecule has 1 atom stereocenters. The number of rotatable bonds is 5. The average Bonchev–Trinajstić information content (AvgIpc) is 2.77. The normalized spacial score (nSPS) is 20.5. The van der Waals surface area contributed by atoms with E-state index in [1.165, 1.54) is 18.2 Å². The SMILES string of the molecule is O=C(Nc1ccccc1F)N1CCC2(CC1)CC(CCOc1ccc(F)cc1)CCO2. The van der Waals surface area contributed by atoms with Crippen molar-refractivity contribution in [3.8, 4) is 5.75 Å². The van der Waals surface area contributed by atoms with Crippen LogP contribution in [-0.4, -0.2) is 42.8 Å². The van der Waals surface area contributed by atoms with Gasteiger partial charge in [-0.3, -0.25) is 0 Å². The van der Waals surface area contributed by atoms with Crippen LogP contribution in [0, 0.1) is 17.6 Å². The lowest BCUT2D eigenvalue weighted by Gasteiger charge is -2.46. The summed E-state index contributed by atoms with van der Waals surface area (Å²) < 4.78 is 38.7. The van der Waals surface area contributed by atoms with Gasteiger partial charge in [0, 0.05) is 19.7 Å². The summed E-state index contributed by atoms with van der Waals surface area (Å²) in [6.07, 6.45) is 4.40. The van der Waals surface area contributed by atoms with E-state index in [0.29, 0.717) is 38.0 Å². The summed E-state index contributed by atoms with van der Waals surface area (Å²) in [4.78, 5) is 14.2. The van der Waals surface area contributed by atoms with Crippen LogP contribution >= 0.6 is 0 Å². The molecule has 7 heteroatoms. The summed E-state index contributed by atoms with van der Waals surface area (Å²) in [5, 5.41) is 2.66. The van der Waals surface area contributed by atoms with Crippen molar-refractivity contribution >= 4 is 11.7 Å². The molecular weight excluding hydrogens is 402 g/mol. The predicted molar refractivity (Wildman–Crippen MR) is 114 cm³/mol. The number of likely N-dealkylation sites (tertiary alicyclic amines) is 1. The van der Waals surface area contributed by atoms with Gasteiger partial charge in [-0.05, 0) is 74.4 Å². The van der Waals surface area contributed by atoms with Crippen molar-refractivity contribution < 1.29 is 23.0 Å². The minimum absolute atomic E-state index is 0.197. The Labute approximate surface area is 181 Å². The van der Waals surface area contributed by atoms with Crippen LogP contribution in [-0.2, 0) is 4.74 Å². The zero-order valence-electron chi connectivity index (χ0n) is 17.5. The van der Waals surface area contributed by atoms with Gasteiger partial charge in [-0.1, -0.05) is 12.1 Å². The van der Waals surface area contributed by atoms with E-state index in [4.69, 9.17) is 9.47 Å². The largest absolute Gasteiger partial charge is 0.494 e. The number of hydrogen-bond donors (Lipinski definition) is 1. The maximum absolute atomic E-state index is 13.8. The lowest BCUT2D eigenvalue weighted by atomic mass is 9.78. The fourth-order valence-electron chi connectivity index (χ4n) is 4.47. The Hall–Kier alpha value is -2.67. The number of ether oxygens (including phenoxy) is 2. The van der Waals surface area contributed by atoms with Gasteiger partial charge in [-0.25, -0.2) is 13.6 Å². The van der Waals surface area contributed by atoms with E-state index in [1.807, 2.05) is 0 Å². The van der Waals surface area contributed by atoms with Crippen molar-refractivity contribution in [3.05, 3.63) is 60.2 Å². The number of anilines is 1. The molecule has 0 bridgehead atoms. The Morgan fingerprint density at radius 3 is 2.61 bits per heavy atom. The van der Waals surface area contributed by atoms with Crippen molar-refractivity contribution in [1.82, 2.24) is 4.90 Å². The topological polar surface area (TPSA) is 50.8 Å². The highest BCUT2D eigenvalue weighted by atomic mass is 19.1. The van der Waals surface area contributed by atoms with Gasteiger partial charge in [-0.15, -0.1) is 0 Å². The Kier molecular flexibility index (Phi) is 6.70. The lowest BCUT2D eigenvalue weighted by Crippen LogP contribution is -2.51. The van der Waals surface area contributed by atoms with Gasteiger partial charge < -0.3 is 19.7 Å². The average molecular weight is 430 g/mol. The van der Waals surface area contributed by atoms with Gasteiger partial charge in [0.05, 0.1) is 17.9 Å². The Morgan fingerprint density at radius 2 is 1.87 bits per heavy atom. The first kappa shape index (κ1) is 21.6. The quantitative estimate of drug-likeness (QED) is 0.707. The molecule has 2 aromatic carbocycles. The number of benzene rings is 2. The van der Waals surface area contributed by atoms with Crippen molar-refractivity contribution in [2.24, 2.45) is 5.92 Å². The van der Waals surface area contributed by atoms with E-state index in [-0.39, 0.29) is 23.1 Å². The Morgan fingerprint density at radius 1 is 1.13 bits per heavy atom. The lowest BCUT2D eigenvalue weighted by molar-refractivity contribution is -0.124. The van der Waals surface area contributed by atoms with Crippen LogP contribution in [0.5, 0.6) is 5.75 Å². The highest BCUT2D eigenvalue weighted by Gasteiger charge is 2.41. The Balaban J connectivity index is 1.24. The fourth-order valence-corrected chi connectivity index (χ4v) is 4.47. The zero-order valence-corrected chi connectivity index (χ0v) is 17.5. The van der Waals surface area contributed by atoms with Crippen molar-refractivity contribution in [2.45, 2.75) is 37.7 Å². The summed E-state index contributed by atoms with van der Waals surface area (Å²) in [6.45, 7) is 2.46. The van der Waals surface area contributed by atoms with E-state index in [0.717, 1.165) is 32.1 Å². The second-order valence-corrected chi connectivity index (χ2v) is 8.38. The third-order valence-electron chi connectivity index (χ3n) is 6.28. The molecule has 31 heavy (non-hydrogen) atoms. The summed E-state index contributed by atoms with van der Waals surface area (Å²) in [7, 11) is 0. The monoisotopic (exact) mass is 430 g/mol. The number of nitrogens with one attached hydrogen (secondary N) is 1. The van der Waals surface area contributed by atoms with Crippen LogP contribution in [0.25, 0.3) is 0 Å². The molecule has 1 N–H and O–H groups in total. The number of para-hydroxylation sites is 1. The molecule has 2 aliphatic heterocycles. The molecule has 2 heterocycles. The molecule has 0 aliphatic carbocycles. The van der Waals surface area contributed by atoms with Gasteiger partial charge in [0.1, 0.15) is 17.4 Å². The highest BCUT2D eigenvalue weighted by molar-refractivity contribution is 5.89. The van der Waals surface area contributed by atoms with Crippen LogP contribution < -0.4 is 10.1 Å². The van der Waals surface area contributed by atoms with Gasteiger partial charge in [0.2, 0.25) is 0 Å². The third-order valence-corrected chi connectivity index (χ3v) is 6.28.